The van der Waals surface area contributed by atoms with Gasteiger partial charge in [-0.2, -0.15) is 13.2 Å². The smallest absolute Gasteiger partial charge is 0.325 e. The van der Waals surface area contributed by atoms with Crippen LogP contribution < -0.4 is 5.32 Å². The minimum absolute atomic E-state index is 0.0427. The molecule has 3 rings (SSSR count). The number of nitrogens with one attached hydrogen (secondary N) is 1. The number of aromatic nitrogens is 1. The van der Waals surface area contributed by atoms with Gasteiger partial charge in [0.05, 0.1) is 21.8 Å². The summed E-state index contributed by atoms with van der Waals surface area (Å²) < 4.78 is 39.3. The molecular weight excluding hydrogens is 421 g/mol. The first-order valence-electron chi connectivity index (χ1n) is 8.81. The van der Waals surface area contributed by atoms with Gasteiger partial charge in [-0.25, -0.2) is 4.98 Å². The van der Waals surface area contributed by atoms with Crippen molar-refractivity contribution >= 4 is 45.9 Å². The van der Waals surface area contributed by atoms with Crippen LogP contribution in [-0.4, -0.2) is 16.6 Å². The van der Waals surface area contributed by atoms with Crippen LogP contribution in [0.1, 0.15) is 23.1 Å². The molecule has 0 aliphatic heterocycles. The van der Waals surface area contributed by atoms with E-state index < -0.39 is 17.6 Å². The largest absolute Gasteiger partial charge is 0.418 e. The summed E-state index contributed by atoms with van der Waals surface area (Å²) in [6, 6.07) is 11.0. The third-order valence-corrected chi connectivity index (χ3v) is 5.51. The third-order valence-electron chi connectivity index (χ3n) is 4.36. The van der Waals surface area contributed by atoms with Crippen molar-refractivity contribution in [2.45, 2.75) is 31.5 Å². The normalized spacial score (nSPS) is 11.7. The molecule has 0 aliphatic carbocycles. The molecule has 152 valence electrons. The van der Waals surface area contributed by atoms with Crippen LogP contribution in [0.4, 0.5) is 18.9 Å². The molecule has 0 aliphatic rings. The SMILES string of the molecule is Cc1cc(SCCC(=O)Nc2cc(Cl)ccc2C(F)(F)F)nc2c(C)cccc12. The summed E-state index contributed by atoms with van der Waals surface area (Å²) in [7, 11) is 0. The summed E-state index contributed by atoms with van der Waals surface area (Å²) in [6.45, 7) is 3.98. The maximum atomic E-state index is 13.1. The van der Waals surface area contributed by atoms with Crippen molar-refractivity contribution in [3.63, 3.8) is 0 Å². The first kappa shape index (κ1) is 21.5. The lowest BCUT2D eigenvalue weighted by molar-refractivity contribution is -0.137. The number of fused-ring (bicyclic) bond motifs is 1. The van der Waals surface area contributed by atoms with Crippen LogP contribution in [0.15, 0.2) is 47.5 Å². The van der Waals surface area contributed by atoms with E-state index in [1.54, 1.807) is 0 Å². The predicted molar refractivity (Wildman–Crippen MR) is 112 cm³/mol. The van der Waals surface area contributed by atoms with Gasteiger partial charge in [0.25, 0.3) is 0 Å². The second-order valence-electron chi connectivity index (χ2n) is 6.58. The summed E-state index contributed by atoms with van der Waals surface area (Å²) in [5.74, 6) is -0.128. The van der Waals surface area contributed by atoms with Crippen LogP contribution >= 0.6 is 23.4 Å². The number of thioether (sulfide) groups is 1. The third kappa shape index (κ3) is 5.22. The van der Waals surface area contributed by atoms with Crippen molar-refractivity contribution in [1.82, 2.24) is 4.98 Å². The van der Waals surface area contributed by atoms with Gasteiger partial charge >= 0.3 is 6.18 Å². The fraction of sp³-hybridized carbons (Fsp3) is 0.238. The van der Waals surface area contributed by atoms with Crippen molar-refractivity contribution in [3.8, 4) is 0 Å². The Morgan fingerprint density at radius 3 is 2.62 bits per heavy atom. The Kier molecular flexibility index (Phi) is 6.39. The molecule has 1 N–H and O–H groups in total. The molecule has 3 nitrogen and oxygen atoms in total. The first-order chi connectivity index (χ1) is 13.6. The molecule has 0 saturated heterocycles. The maximum Gasteiger partial charge on any atom is 0.418 e. The molecule has 1 aromatic heterocycles. The number of amides is 1. The number of para-hydroxylation sites is 1. The number of nitrogens with zero attached hydrogens (tertiary/aromatic N) is 1. The Bertz CT molecular complexity index is 1070. The highest BCUT2D eigenvalue weighted by molar-refractivity contribution is 7.99. The van der Waals surface area contributed by atoms with E-state index in [0.717, 1.165) is 45.3 Å². The van der Waals surface area contributed by atoms with Gasteiger partial charge in [0, 0.05) is 22.6 Å². The monoisotopic (exact) mass is 438 g/mol. The maximum absolute atomic E-state index is 13.1. The van der Waals surface area contributed by atoms with E-state index in [0.29, 0.717) is 5.75 Å². The molecule has 8 heteroatoms. The van der Waals surface area contributed by atoms with E-state index in [9.17, 15) is 18.0 Å². The predicted octanol–water partition coefficient (Wildman–Crippen LogP) is 6.64. The molecule has 0 unspecified atom stereocenters. The van der Waals surface area contributed by atoms with Gasteiger partial charge in [0.1, 0.15) is 0 Å². The number of anilines is 1. The molecule has 0 radical (unpaired) electrons. The van der Waals surface area contributed by atoms with E-state index in [1.165, 1.54) is 11.8 Å². The molecular formula is C21H18ClF3N2OS. The number of hydrogen-bond acceptors (Lipinski definition) is 3. The zero-order valence-electron chi connectivity index (χ0n) is 15.7. The van der Waals surface area contributed by atoms with E-state index in [4.69, 9.17) is 11.6 Å². The van der Waals surface area contributed by atoms with Crippen molar-refractivity contribution in [3.05, 3.63) is 64.2 Å². The van der Waals surface area contributed by atoms with Gasteiger partial charge in [0.2, 0.25) is 5.91 Å². The minimum Gasteiger partial charge on any atom is -0.325 e. The Morgan fingerprint density at radius 1 is 1.14 bits per heavy atom. The number of aryl methyl sites for hydroxylation is 2. The van der Waals surface area contributed by atoms with E-state index >= 15 is 0 Å². The highest BCUT2D eigenvalue weighted by atomic mass is 35.5. The summed E-state index contributed by atoms with van der Waals surface area (Å²) in [6.07, 6.45) is -4.53. The van der Waals surface area contributed by atoms with Crippen molar-refractivity contribution < 1.29 is 18.0 Å². The zero-order valence-corrected chi connectivity index (χ0v) is 17.3. The Morgan fingerprint density at radius 2 is 1.90 bits per heavy atom. The summed E-state index contributed by atoms with van der Waals surface area (Å²) >= 11 is 7.17. The van der Waals surface area contributed by atoms with E-state index in [-0.39, 0.29) is 17.1 Å². The van der Waals surface area contributed by atoms with Crippen molar-refractivity contribution in [2.75, 3.05) is 11.1 Å². The van der Waals surface area contributed by atoms with Crippen molar-refractivity contribution in [2.24, 2.45) is 0 Å². The Balaban J connectivity index is 1.66. The Labute approximate surface area is 175 Å². The number of carbonyl (C=O) groups excluding carboxylic acids is 1. The number of benzene rings is 2. The minimum atomic E-state index is -4.58. The molecule has 0 saturated carbocycles. The van der Waals surface area contributed by atoms with Crippen LogP contribution in [-0.2, 0) is 11.0 Å². The average Bonchev–Trinajstić information content (AvgIpc) is 2.61. The molecule has 2 aromatic carbocycles. The number of hydrogen-bond donors (Lipinski definition) is 1. The molecule has 0 atom stereocenters. The molecule has 3 aromatic rings. The summed E-state index contributed by atoms with van der Waals surface area (Å²) in [5, 5.41) is 4.29. The fourth-order valence-electron chi connectivity index (χ4n) is 2.93. The second kappa shape index (κ2) is 8.63. The van der Waals surface area contributed by atoms with E-state index in [2.05, 4.69) is 10.3 Å². The van der Waals surface area contributed by atoms with Gasteiger partial charge in [-0.15, -0.1) is 11.8 Å². The fourth-order valence-corrected chi connectivity index (χ4v) is 4.02. The van der Waals surface area contributed by atoms with Gasteiger partial charge in [-0.05, 0) is 49.2 Å². The van der Waals surface area contributed by atoms with Crippen LogP contribution in [0.2, 0.25) is 5.02 Å². The number of carbonyl (C=O) groups is 1. The first-order valence-corrected chi connectivity index (χ1v) is 10.2. The second-order valence-corrected chi connectivity index (χ2v) is 8.13. The number of halogens is 4. The molecule has 29 heavy (non-hydrogen) atoms. The topological polar surface area (TPSA) is 42.0 Å². The van der Waals surface area contributed by atoms with Crippen molar-refractivity contribution in [1.29, 1.82) is 0 Å². The van der Waals surface area contributed by atoms with Crippen LogP contribution in [0.3, 0.4) is 0 Å². The molecule has 1 heterocycles. The number of alkyl halides is 3. The van der Waals surface area contributed by atoms with Gasteiger partial charge in [0.15, 0.2) is 0 Å². The molecule has 0 spiro atoms. The quantitative estimate of drug-likeness (QED) is 0.454. The lowest BCUT2D eigenvalue weighted by Gasteiger charge is -2.14. The highest BCUT2D eigenvalue weighted by Crippen LogP contribution is 2.36. The van der Waals surface area contributed by atoms with Gasteiger partial charge in [-0.1, -0.05) is 29.8 Å². The van der Waals surface area contributed by atoms with E-state index in [1.807, 2.05) is 38.1 Å². The number of pyridine rings is 1. The average molecular weight is 439 g/mol. The summed E-state index contributed by atoms with van der Waals surface area (Å²) in [4.78, 5) is 16.8. The lowest BCUT2D eigenvalue weighted by Crippen LogP contribution is -2.17. The Hall–Kier alpha value is -2.25. The van der Waals surface area contributed by atoms with Gasteiger partial charge in [-0.3, -0.25) is 4.79 Å². The number of rotatable bonds is 5. The summed E-state index contributed by atoms with van der Waals surface area (Å²) in [5.41, 5.74) is 1.79. The van der Waals surface area contributed by atoms with Crippen LogP contribution in [0, 0.1) is 13.8 Å². The highest BCUT2D eigenvalue weighted by Gasteiger charge is 2.33. The van der Waals surface area contributed by atoms with Crippen LogP contribution in [0.25, 0.3) is 10.9 Å². The molecule has 1 amide bonds. The molecule has 0 bridgehead atoms. The standard InChI is InChI=1S/C21H18ClF3N2OS/c1-12-4-3-5-15-13(2)10-19(27-20(12)15)29-9-8-18(28)26-17-11-14(22)6-7-16(17)21(23,24)25/h3-7,10-11H,8-9H2,1-2H3,(H,26,28). The lowest BCUT2D eigenvalue weighted by atomic mass is 10.1. The van der Waals surface area contributed by atoms with Crippen LogP contribution in [0.5, 0.6) is 0 Å². The molecule has 0 fully saturated rings. The van der Waals surface area contributed by atoms with Gasteiger partial charge < -0.3 is 5.32 Å². The zero-order chi connectivity index (χ0) is 21.2.